The van der Waals surface area contributed by atoms with Gasteiger partial charge in [0.15, 0.2) is 18.9 Å². The fraction of sp³-hybridized carbons (Fsp3) is 0.950. The SMILES string of the molecule is N[C@@H](CO[C@@H]1OC[C@@H](O[C@@H]2O[C@H](CO)[C@H](O)[C@H](O[C@@H]3O[C@H](CO)[C@H](O)[C@H](O)[C@H]3O)[C@H]2O)[C@H](O)[C@H]1OP(=O)(O)O)C(=O)O. The summed E-state index contributed by atoms with van der Waals surface area (Å²) < 4.78 is 48.0. The first-order chi connectivity index (χ1) is 19.6. The van der Waals surface area contributed by atoms with E-state index in [0.29, 0.717) is 0 Å². The van der Waals surface area contributed by atoms with Gasteiger partial charge < -0.3 is 89.9 Å². The van der Waals surface area contributed by atoms with Gasteiger partial charge in [0, 0.05) is 0 Å². The minimum atomic E-state index is -5.32. The van der Waals surface area contributed by atoms with Crippen molar-refractivity contribution in [3.05, 3.63) is 0 Å². The summed E-state index contributed by atoms with van der Waals surface area (Å²) in [6.07, 6.45) is -25.1. The van der Waals surface area contributed by atoms with Gasteiger partial charge in [0.05, 0.1) is 26.4 Å². The molecule has 0 saturated carbocycles. The average Bonchev–Trinajstić information content (AvgIpc) is 2.92. The van der Waals surface area contributed by atoms with Crippen LogP contribution in [-0.2, 0) is 42.3 Å². The second-order valence-corrected chi connectivity index (χ2v) is 10.9. The van der Waals surface area contributed by atoms with Crippen molar-refractivity contribution < 1.29 is 98.1 Å². The fourth-order valence-electron chi connectivity index (χ4n) is 4.39. The smallest absolute Gasteiger partial charge is 0.470 e. The second-order valence-electron chi connectivity index (χ2n) is 9.71. The van der Waals surface area contributed by atoms with Crippen LogP contribution in [0.4, 0.5) is 0 Å². The van der Waals surface area contributed by atoms with Gasteiger partial charge >= 0.3 is 13.8 Å². The summed E-state index contributed by atoms with van der Waals surface area (Å²) in [6, 6.07) is -1.57. The molecular weight excluding hydrogens is 605 g/mol. The molecule has 0 bridgehead atoms. The van der Waals surface area contributed by atoms with Crippen LogP contribution in [0.25, 0.3) is 0 Å². The highest BCUT2D eigenvalue weighted by atomic mass is 31.2. The Balaban J connectivity index is 1.75. The highest BCUT2D eigenvalue weighted by Gasteiger charge is 2.53. The molecule has 3 fully saturated rings. The Hall–Kier alpha value is -1.02. The van der Waals surface area contributed by atoms with Crippen molar-refractivity contribution in [2.24, 2.45) is 5.73 Å². The molecule has 0 unspecified atom stereocenters. The predicted octanol–water partition coefficient (Wildman–Crippen LogP) is -7.38. The van der Waals surface area contributed by atoms with Crippen molar-refractivity contribution >= 4 is 13.8 Å². The number of phosphoric acid groups is 1. The van der Waals surface area contributed by atoms with Gasteiger partial charge in [-0.05, 0) is 0 Å². The molecule has 21 nitrogen and oxygen atoms in total. The summed E-state index contributed by atoms with van der Waals surface area (Å²) in [5, 5.41) is 90.5. The maximum Gasteiger partial charge on any atom is 0.470 e. The van der Waals surface area contributed by atoms with Crippen LogP contribution in [0.2, 0.25) is 0 Å². The van der Waals surface area contributed by atoms with Gasteiger partial charge in [0.25, 0.3) is 0 Å². The summed E-state index contributed by atoms with van der Waals surface area (Å²) in [7, 11) is -5.32. The number of phosphoric ester groups is 1. The summed E-state index contributed by atoms with van der Waals surface area (Å²) in [5.74, 6) is -1.47. The molecule has 3 saturated heterocycles. The Morgan fingerprint density at radius 2 is 1.38 bits per heavy atom. The lowest BCUT2D eigenvalue weighted by Gasteiger charge is -2.47. The molecule has 246 valence electrons. The van der Waals surface area contributed by atoms with E-state index in [4.69, 9.17) is 39.3 Å². The zero-order chi connectivity index (χ0) is 31.5. The molecule has 0 aromatic rings. The molecular formula is C20H36NO20P. The van der Waals surface area contributed by atoms with Crippen molar-refractivity contribution in [1.82, 2.24) is 0 Å². The summed E-state index contributed by atoms with van der Waals surface area (Å²) in [6.45, 7) is -3.02. The minimum absolute atomic E-state index is 0.619. The van der Waals surface area contributed by atoms with Crippen molar-refractivity contribution in [3.8, 4) is 0 Å². The molecule has 3 heterocycles. The zero-order valence-electron chi connectivity index (χ0n) is 21.6. The van der Waals surface area contributed by atoms with Crippen LogP contribution in [0.1, 0.15) is 0 Å². The number of carbonyl (C=O) groups is 1. The van der Waals surface area contributed by atoms with Crippen LogP contribution in [0.5, 0.6) is 0 Å². The van der Waals surface area contributed by atoms with Gasteiger partial charge in [-0.25, -0.2) is 4.57 Å². The number of nitrogens with two attached hydrogens (primary N) is 1. The highest BCUT2D eigenvalue weighted by Crippen LogP contribution is 2.41. The van der Waals surface area contributed by atoms with Crippen LogP contribution < -0.4 is 5.73 Å². The first-order valence-corrected chi connectivity index (χ1v) is 14.0. The van der Waals surface area contributed by atoms with Crippen LogP contribution in [-0.4, -0.2) is 180 Å². The van der Waals surface area contributed by atoms with E-state index in [1.54, 1.807) is 0 Å². The maximum atomic E-state index is 11.5. The molecule has 0 aromatic heterocycles. The maximum absolute atomic E-state index is 11.5. The van der Waals surface area contributed by atoms with Gasteiger partial charge in [-0.1, -0.05) is 0 Å². The van der Waals surface area contributed by atoms with Gasteiger partial charge in [0.2, 0.25) is 0 Å². The van der Waals surface area contributed by atoms with E-state index in [0.717, 1.165) is 0 Å². The third kappa shape index (κ3) is 8.37. The van der Waals surface area contributed by atoms with E-state index in [-0.39, 0.29) is 0 Å². The zero-order valence-corrected chi connectivity index (χ0v) is 22.5. The number of carboxylic acids is 1. The van der Waals surface area contributed by atoms with Crippen molar-refractivity contribution in [2.45, 2.75) is 92.1 Å². The number of aliphatic hydroxyl groups is 8. The van der Waals surface area contributed by atoms with Gasteiger partial charge in [-0.2, -0.15) is 0 Å². The van der Waals surface area contributed by atoms with Crippen molar-refractivity contribution in [3.63, 3.8) is 0 Å². The highest BCUT2D eigenvalue weighted by molar-refractivity contribution is 7.46. The lowest BCUT2D eigenvalue weighted by molar-refractivity contribution is -0.373. The van der Waals surface area contributed by atoms with E-state index in [1.165, 1.54) is 0 Å². The Morgan fingerprint density at radius 1 is 0.810 bits per heavy atom. The standard InChI is InChI=1S/C20H36NO20P/c21-5(17(30)31)3-35-20-16(41-42(32,33)34)11(26)8(4-36-20)39-19-14(29)15(10(25)7(2-23)38-19)40-18-13(28)12(27)9(24)6(1-22)37-18/h5-16,18-20,22-29H,1-4,21H2,(H,30,31)(H2,32,33,34)/t5-,6+,7+,8+,9-,10-,11-,12-,13+,14+,15-,16+,18-,19-,20+/m0/s1. The fourth-order valence-corrected chi connectivity index (χ4v) is 4.93. The molecule has 3 aliphatic rings. The number of aliphatic carboxylic acids is 1. The largest absolute Gasteiger partial charge is 0.480 e. The summed E-state index contributed by atoms with van der Waals surface area (Å²) in [4.78, 5) is 29.5. The number of carboxylic acid groups (broad SMARTS) is 1. The molecule has 3 aliphatic heterocycles. The number of aliphatic hydroxyl groups excluding tert-OH is 8. The van der Waals surface area contributed by atoms with E-state index in [2.05, 4.69) is 4.52 Å². The van der Waals surface area contributed by atoms with Crippen LogP contribution in [0.3, 0.4) is 0 Å². The molecule has 0 radical (unpaired) electrons. The van der Waals surface area contributed by atoms with E-state index in [1.807, 2.05) is 0 Å². The quantitative estimate of drug-likeness (QED) is 0.0880. The van der Waals surface area contributed by atoms with Crippen molar-refractivity contribution in [1.29, 1.82) is 0 Å². The molecule has 0 aromatic carbocycles. The van der Waals surface area contributed by atoms with Crippen LogP contribution in [0, 0.1) is 0 Å². The van der Waals surface area contributed by atoms with E-state index in [9.17, 15) is 60.0 Å². The second kappa shape index (κ2) is 14.8. The van der Waals surface area contributed by atoms with Gasteiger partial charge in [-0.3, -0.25) is 9.32 Å². The van der Waals surface area contributed by atoms with Gasteiger partial charge in [0.1, 0.15) is 73.2 Å². The lowest BCUT2D eigenvalue weighted by atomic mass is 9.96. The third-order valence-corrected chi connectivity index (χ3v) is 7.22. The molecule has 22 heteroatoms. The lowest BCUT2D eigenvalue weighted by Crippen LogP contribution is -2.66. The third-order valence-electron chi connectivity index (χ3n) is 6.70. The van der Waals surface area contributed by atoms with Crippen LogP contribution >= 0.6 is 7.82 Å². The van der Waals surface area contributed by atoms with Crippen LogP contribution in [0.15, 0.2) is 0 Å². The predicted molar refractivity (Wildman–Crippen MR) is 126 cm³/mol. The first kappa shape index (κ1) is 35.5. The Kier molecular flexibility index (Phi) is 12.5. The number of ether oxygens (including phenoxy) is 6. The number of rotatable bonds is 12. The topological polar surface area (TPSA) is 347 Å². The molecule has 15 atom stereocenters. The number of hydrogen-bond donors (Lipinski definition) is 12. The molecule has 42 heavy (non-hydrogen) atoms. The average molecular weight is 641 g/mol. The normalized spacial score (nSPS) is 44.1. The van der Waals surface area contributed by atoms with Crippen molar-refractivity contribution in [2.75, 3.05) is 26.4 Å². The molecule has 13 N–H and O–H groups in total. The number of hydrogen-bond acceptors (Lipinski definition) is 18. The molecule has 0 amide bonds. The summed E-state index contributed by atoms with van der Waals surface area (Å²) >= 11 is 0. The van der Waals surface area contributed by atoms with E-state index >= 15 is 0 Å². The summed E-state index contributed by atoms with van der Waals surface area (Å²) in [5.41, 5.74) is 5.34. The molecule has 3 rings (SSSR count). The Bertz CT molecular complexity index is 924. The van der Waals surface area contributed by atoms with E-state index < -0.39 is 132 Å². The Morgan fingerprint density at radius 3 is 1.93 bits per heavy atom. The molecule has 0 spiro atoms. The monoisotopic (exact) mass is 641 g/mol. The van der Waals surface area contributed by atoms with Gasteiger partial charge in [-0.15, -0.1) is 0 Å². The molecule has 0 aliphatic carbocycles. The Labute approximate surface area is 236 Å². The first-order valence-electron chi connectivity index (χ1n) is 12.5. The minimum Gasteiger partial charge on any atom is -0.480 e.